The molecule has 3 N–H and O–H groups in total. The molecule has 0 fully saturated rings. The second-order valence-corrected chi connectivity index (χ2v) is 5.83. The van der Waals surface area contributed by atoms with Crippen LogP contribution in [0.3, 0.4) is 0 Å². The second-order valence-electron chi connectivity index (χ2n) is 4.58. The van der Waals surface area contributed by atoms with Crippen LogP contribution in [0.1, 0.15) is 10.8 Å². The fraction of sp³-hybridized carbons (Fsp3) is 0.125. The van der Waals surface area contributed by atoms with Crippen molar-refractivity contribution in [2.45, 2.75) is 10.3 Å². The molecule has 2 nitrogen and oxygen atoms in total. The van der Waals surface area contributed by atoms with Crippen molar-refractivity contribution in [2.24, 2.45) is 5.73 Å². The maximum absolute atomic E-state index is 13.9. The molecule has 0 aliphatic rings. The summed E-state index contributed by atoms with van der Waals surface area (Å²) in [6, 6.07) is 16.9. The van der Waals surface area contributed by atoms with Gasteiger partial charge in [0.1, 0.15) is 5.82 Å². The van der Waals surface area contributed by atoms with Gasteiger partial charge in [-0.3, -0.25) is 0 Å². The number of para-hydroxylation sites is 1. The molecule has 1 unspecified atom stereocenters. The van der Waals surface area contributed by atoms with Crippen LogP contribution in [0, 0.1) is 5.82 Å². The summed E-state index contributed by atoms with van der Waals surface area (Å²) in [5.41, 5.74) is 7.55. The summed E-state index contributed by atoms with van der Waals surface area (Å²) in [7, 11) is 0. The van der Waals surface area contributed by atoms with E-state index in [9.17, 15) is 4.39 Å². The molecule has 3 rings (SSSR count). The molecule has 0 saturated heterocycles. The summed E-state index contributed by atoms with van der Waals surface area (Å²) < 4.78 is 13.9. The second kappa shape index (κ2) is 5.69. The molecule has 3 aromatic rings. The molecule has 0 amide bonds. The van der Waals surface area contributed by atoms with Crippen molar-refractivity contribution in [1.82, 2.24) is 4.98 Å². The van der Waals surface area contributed by atoms with Crippen molar-refractivity contribution < 1.29 is 4.39 Å². The van der Waals surface area contributed by atoms with Gasteiger partial charge in [0.25, 0.3) is 0 Å². The van der Waals surface area contributed by atoms with Crippen LogP contribution in [0.2, 0.25) is 0 Å². The Balaban J connectivity index is 1.90. The van der Waals surface area contributed by atoms with E-state index in [1.165, 1.54) is 6.07 Å². The summed E-state index contributed by atoms with van der Waals surface area (Å²) in [6.07, 6.45) is 0. The quantitative estimate of drug-likeness (QED) is 0.709. The van der Waals surface area contributed by atoms with Gasteiger partial charge in [0.15, 0.2) is 0 Å². The van der Waals surface area contributed by atoms with Gasteiger partial charge in [0.2, 0.25) is 0 Å². The lowest BCUT2D eigenvalue weighted by Crippen LogP contribution is -2.10. The van der Waals surface area contributed by atoms with Gasteiger partial charge in [0, 0.05) is 23.0 Å². The van der Waals surface area contributed by atoms with Gasteiger partial charge in [-0.1, -0.05) is 48.2 Å². The first-order valence-electron chi connectivity index (χ1n) is 6.47. The van der Waals surface area contributed by atoms with Gasteiger partial charge in [-0.15, -0.1) is 0 Å². The van der Waals surface area contributed by atoms with E-state index in [1.807, 2.05) is 24.3 Å². The molecule has 0 saturated carbocycles. The van der Waals surface area contributed by atoms with Gasteiger partial charge in [-0.25, -0.2) is 4.39 Å². The minimum absolute atomic E-state index is 0.0933. The summed E-state index contributed by atoms with van der Waals surface area (Å²) in [6.45, 7) is 0.390. The number of nitrogens with one attached hydrogen (secondary N) is 1. The maximum Gasteiger partial charge on any atom is 0.127 e. The van der Waals surface area contributed by atoms with Crippen molar-refractivity contribution in [3.8, 4) is 0 Å². The lowest BCUT2D eigenvalue weighted by atomic mass is 10.1. The molecule has 1 atom stereocenters. The smallest absolute Gasteiger partial charge is 0.127 e. The first-order valence-corrected chi connectivity index (χ1v) is 7.35. The molecule has 0 spiro atoms. The predicted octanol–water partition coefficient (Wildman–Crippen LogP) is 4.10. The highest BCUT2D eigenvalue weighted by Crippen LogP contribution is 2.36. The van der Waals surface area contributed by atoms with Gasteiger partial charge in [-0.2, -0.15) is 0 Å². The van der Waals surface area contributed by atoms with E-state index >= 15 is 0 Å². The highest BCUT2D eigenvalue weighted by molar-refractivity contribution is 7.99. The van der Waals surface area contributed by atoms with E-state index in [0.29, 0.717) is 12.1 Å². The fourth-order valence-electron chi connectivity index (χ4n) is 2.24. The number of H-pyrrole nitrogens is 1. The Labute approximate surface area is 121 Å². The largest absolute Gasteiger partial charge is 0.350 e. The molecule has 0 bridgehead atoms. The predicted molar refractivity (Wildman–Crippen MR) is 82.4 cm³/mol. The molecule has 0 aliphatic heterocycles. The van der Waals surface area contributed by atoms with Crippen LogP contribution in [0.5, 0.6) is 0 Å². The lowest BCUT2D eigenvalue weighted by Gasteiger charge is -2.14. The van der Waals surface area contributed by atoms with Crippen LogP contribution in [0.4, 0.5) is 4.39 Å². The average Bonchev–Trinajstić information content (AvgIpc) is 2.88. The van der Waals surface area contributed by atoms with Crippen LogP contribution in [-0.2, 0) is 0 Å². The monoisotopic (exact) mass is 286 g/mol. The Morgan fingerprint density at radius 1 is 1.10 bits per heavy atom. The number of nitrogens with two attached hydrogens (primary N) is 1. The van der Waals surface area contributed by atoms with E-state index in [0.717, 1.165) is 15.9 Å². The molecular weight excluding hydrogens is 271 g/mol. The molecule has 1 heterocycles. The minimum atomic E-state index is -0.202. The van der Waals surface area contributed by atoms with E-state index in [4.69, 9.17) is 5.73 Å². The fourth-order valence-corrected chi connectivity index (χ4v) is 3.32. The van der Waals surface area contributed by atoms with Crippen molar-refractivity contribution in [3.63, 3.8) is 0 Å². The highest BCUT2D eigenvalue weighted by Gasteiger charge is 2.16. The van der Waals surface area contributed by atoms with Crippen LogP contribution >= 0.6 is 11.8 Å². The number of aromatic amines is 1. The number of hydrogen-bond acceptors (Lipinski definition) is 2. The van der Waals surface area contributed by atoms with Gasteiger partial charge in [0.05, 0.1) is 10.3 Å². The molecule has 102 valence electrons. The summed E-state index contributed by atoms with van der Waals surface area (Å²) >= 11 is 1.56. The Morgan fingerprint density at radius 3 is 2.60 bits per heavy atom. The number of benzene rings is 2. The molecule has 2 aromatic carbocycles. The standard InChI is InChI=1S/C16H15FN2S/c17-13-7-3-2-6-12(13)15(10-18)20-16-9-11-5-1-4-8-14(11)19-16/h1-9,15,19H,10,18H2. The molecular formula is C16H15FN2S. The van der Waals surface area contributed by atoms with Crippen molar-refractivity contribution in [2.75, 3.05) is 6.54 Å². The zero-order chi connectivity index (χ0) is 13.9. The highest BCUT2D eigenvalue weighted by atomic mass is 32.2. The van der Waals surface area contributed by atoms with Crippen molar-refractivity contribution in [3.05, 3.63) is 66.0 Å². The third-order valence-electron chi connectivity index (χ3n) is 3.24. The normalized spacial score (nSPS) is 12.7. The maximum atomic E-state index is 13.9. The number of thioether (sulfide) groups is 1. The Kier molecular flexibility index (Phi) is 3.76. The zero-order valence-electron chi connectivity index (χ0n) is 10.8. The number of halogens is 1. The van der Waals surface area contributed by atoms with Crippen LogP contribution in [0.25, 0.3) is 10.9 Å². The third-order valence-corrected chi connectivity index (χ3v) is 4.45. The van der Waals surface area contributed by atoms with Gasteiger partial charge >= 0.3 is 0 Å². The Morgan fingerprint density at radius 2 is 1.85 bits per heavy atom. The molecule has 0 radical (unpaired) electrons. The van der Waals surface area contributed by atoms with E-state index < -0.39 is 0 Å². The van der Waals surface area contributed by atoms with Gasteiger partial charge < -0.3 is 10.7 Å². The van der Waals surface area contributed by atoms with Crippen molar-refractivity contribution >= 4 is 22.7 Å². The number of aromatic nitrogens is 1. The van der Waals surface area contributed by atoms with E-state index in [1.54, 1.807) is 23.9 Å². The number of hydrogen-bond donors (Lipinski definition) is 2. The zero-order valence-corrected chi connectivity index (χ0v) is 11.7. The van der Waals surface area contributed by atoms with E-state index in [-0.39, 0.29) is 11.1 Å². The van der Waals surface area contributed by atoms with Crippen LogP contribution < -0.4 is 5.73 Å². The molecule has 1 aromatic heterocycles. The first kappa shape index (κ1) is 13.2. The number of fused-ring (bicyclic) bond motifs is 1. The summed E-state index contributed by atoms with van der Waals surface area (Å²) in [5, 5.41) is 2.06. The van der Waals surface area contributed by atoms with Gasteiger partial charge in [-0.05, 0) is 18.2 Å². The minimum Gasteiger partial charge on any atom is -0.350 e. The number of rotatable bonds is 4. The van der Waals surface area contributed by atoms with E-state index in [2.05, 4.69) is 17.1 Å². The molecule has 4 heteroatoms. The topological polar surface area (TPSA) is 41.8 Å². The molecule has 20 heavy (non-hydrogen) atoms. The summed E-state index contributed by atoms with van der Waals surface area (Å²) in [5.74, 6) is -0.202. The van der Waals surface area contributed by atoms with Crippen molar-refractivity contribution in [1.29, 1.82) is 0 Å². The van der Waals surface area contributed by atoms with Crippen LogP contribution in [-0.4, -0.2) is 11.5 Å². The molecule has 0 aliphatic carbocycles. The third kappa shape index (κ3) is 2.57. The summed E-state index contributed by atoms with van der Waals surface area (Å²) in [4.78, 5) is 3.33. The Hall–Kier alpha value is -1.78. The lowest BCUT2D eigenvalue weighted by molar-refractivity contribution is 0.608. The Bertz CT molecular complexity index is 690. The SMILES string of the molecule is NCC(Sc1cc2ccccc2[nH]1)c1ccccc1F. The van der Waals surface area contributed by atoms with Crippen LogP contribution in [0.15, 0.2) is 59.6 Å². The average molecular weight is 286 g/mol. The first-order chi connectivity index (χ1) is 9.78.